The Morgan fingerprint density at radius 2 is 1.56 bits per heavy atom. The Hall–Kier alpha value is -2.95. The van der Waals surface area contributed by atoms with E-state index in [0.29, 0.717) is 56.7 Å². The number of methoxy groups -OCH3 is 2. The van der Waals surface area contributed by atoms with E-state index in [1.807, 2.05) is 93.3 Å². The number of carboxylic acid groups (broad SMARTS) is 1. The predicted octanol–water partition coefficient (Wildman–Crippen LogP) is 8.83. The predicted molar refractivity (Wildman–Crippen MR) is 319 cm³/mol. The van der Waals surface area contributed by atoms with Crippen molar-refractivity contribution in [2.45, 2.75) is 235 Å². The number of nitrogens with zero attached hydrogens (tertiary/aromatic N) is 3. The van der Waals surface area contributed by atoms with E-state index in [-0.39, 0.29) is 55.0 Å². The lowest BCUT2D eigenvalue weighted by molar-refractivity contribution is -0.261. The van der Waals surface area contributed by atoms with Crippen molar-refractivity contribution < 1.29 is 68.6 Å². The summed E-state index contributed by atoms with van der Waals surface area (Å²) < 4.78 is 35.5. The van der Waals surface area contributed by atoms with E-state index >= 15 is 0 Å². The lowest BCUT2D eigenvalue weighted by atomic mass is 9.79. The number of aldehydes is 1. The highest BCUT2D eigenvalue weighted by atomic mass is 16.7. The molecule has 1 saturated heterocycles. The molecule has 18 nitrogen and oxygen atoms in total. The fraction of sp³-hybridized carbons (Fsp3) is 0.820. The van der Waals surface area contributed by atoms with Crippen molar-refractivity contribution in [3.05, 3.63) is 45.7 Å². The first-order chi connectivity index (χ1) is 37.4. The number of aliphatic hydroxyl groups is 5. The Labute approximate surface area is 478 Å². The zero-order valence-corrected chi connectivity index (χ0v) is 53.0. The van der Waals surface area contributed by atoms with Crippen LogP contribution in [0, 0.1) is 17.8 Å². The molecule has 0 amide bonds. The molecule has 0 spiro atoms. The van der Waals surface area contributed by atoms with Crippen LogP contribution in [0.15, 0.2) is 29.2 Å². The Kier molecular flexibility index (Phi) is 47.3. The molecule has 2 aromatic rings. The number of carbonyl (C=O) groups excluding carboxylic acids is 1. The summed E-state index contributed by atoms with van der Waals surface area (Å²) in [6.07, 6.45) is 8.86. The minimum atomic E-state index is -1.20. The molecule has 6 N–H and O–H groups in total. The van der Waals surface area contributed by atoms with Crippen LogP contribution in [0.3, 0.4) is 0 Å². The largest absolute Gasteiger partial charge is 0.477 e. The van der Waals surface area contributed by atoms with Crippen LogP contribution >= 0.6 is 0 Å². The molecule has 1 aliphatic rings. The van der Waals surface area contributed by atoms with Crippen LogP contribution in [-0.2, 0) is 46.2 Å². The van der Waals surface area contributed by atoms with Crippen LogP contribution in [0.1, 0.15) is 177 Å². The number of aromatic carboxylic acids is 1. The van der Waals surface area contributed by atoms with Crippen LogP contribution in [0.2, 0.25) is 0 Å². The van der Waals surface area contributed by atoms with Crippen molar-refractivity contribution in [2.75, 3.05) is 75.4 Å². The van der Waals surface area contributed by atoms with Gasteiger partial charge in [0.2, 0.25) is 5.43 Å². The SMILES string of the molecule is CC.CC.CCC(C)O[C@H](CC)OC.CCn1cc(C(=O)O)c(=O)c2cc(CCCOCCCCCO)ccc21.CO.COCC(O)C(O)C(C)N(C)C[C@H](C)C[C@@](C)(O)[C@H](OC1CC(N(C)C)CC(C)O1)[C@@H](C)CC(C)C=O. The van der Waals surface area contributed by atoms with Gasteiger partial charge in [0.05, 0.1) is 42.1 Å². The Morgan fingerprint density at radius 3 is 2.08 bits per heavy atom. The molecule has 13 atom stereocenters. The number of carboxylic acids is 1. The number of aromatic nitrogens is 1. The minimum absolute atomic E-state index is 0.0186. The Balaban J connectivity index is -0.00000119. The second kappa shape index (κ2) is 46.5. The molecule has 1 aliphatic heterocycles. The van der Waals surface area contributed by atoms with Crippen LogP contribution in [0.25, 0.3) is 10.9 Å². The van der Waals surface area contributed by atoms with Gasteiger partial charge in [-0.3, -0.25) is 4.79 Å². The molecular formula is C61H117N3O15. The van der Waals surface area contributed by atoms with Gasteiger partial charge in [-0.15, -0.1) is 0 Å². The standard InChI is InChI=1S/C28H56N2O7.C20H27NO5.C8H18O2.2C2H6.CH4O/c1-18(16-31)11-20(3)27(37-25-13-23(29(7)8)12-21(4)36-25)28(6,34)14-19(2)15-30(9)22(5)26(33)24(32)17-35-10;1-2-21-14-17(20(24)25)19(23)16-13-15(8-9-18(16)21)7-6-12-26-11-5-3-4-10-22;1-5-7(3)10-8(6-2)9-4;3*1-2/h16,18-27,32-34H,11-15,17H2,1-10H3;8-9,13-14,22H,2-7,10-12H2,1H3,(H,24,25);7-8H,5-6H2,1-4H3;2*1-2H3;2H,1H3/t18?,19-,20+,21?,22?,23?,24?,25?,26?,27-,28-;;7?,8-;;;/m1.1.../s1. The minimum Gasteiger partial charge on any atom is -0.477 e. The number of aryl methyl sites for hydroxylation is 2. The Morgan fingerprint density at radius 1 is 0.937 bits per heavy atom. The maximum Gasteiger partial charge on any atom is 0.341 e. The molecule has 466 valence electrons. The summed E-state index contributed by atoms with van der Waals surface area (Å²) in [5.41, 5.74) is -0.0332. The van der Waals surface area contributed by atoms with Crippen molar-refractivity contribution in [1.29, 1.82) is 0 Å². The highest BCUT2D eigenvalue weighted by Crippen LogP contribution is 2.35. The van der Waals surface area contributed by atoms with Crippen LogP contribution in [0.4, 0.5) is 0 Å². The van der Waals surface area contributed by atoms with E-state index < -0.39 is 41.6 Å². The maximum atomic E-state index is 12.5. The van der Waals surface area contributed by atoms with E-state index in [1.54, 1.807) is 17.7 Å². The molecule has 1 aromatic carbocycles. The van der Waals surface area contributed by atoms with Gasteiger partial charge in [-0.05, 0) is 150 Å². The van der Waals surface area contributed by atoms with Gasteiger partial charge in [-0.2, -0.15) is 0 Å². The highest BCUT2D eigenvalue weighted by Gasteiger charge is 2.42. The molecule has 1 fully saturated rings. The number of benzene rings is 1. The lowest BCUT2D eigenvalue weighted by Crippen LogP contribution is -2.52. The zero-order chi connectivity index (χ0) is 61.4. The fourth-order valence-electron chi connectivity index (χ4n) is 9.46. The van der Waals surface area contributed by atoms with Crippen LogP contribution in [-0.4, -0.2) is 193 Å². The summed E-state index contributed by atoms with van der Waals surface area (Å²) in [5, 5.41) is 57.8. The summed E-state index contributed by atoms with van der Waals surface area (Å²) in [4.78, 5) is 39.3. The summed E-state index contributed by atoms with van der Waals surface area (Å²) in [7, 11) is 10.2. The number of hydrogen-bond acceptors (Lipinski definition) is 16. The average Bonchev–Trinajstić information content (AvgIpc) is 3.43. The van der Waals surface area contributed by atoms with E-state index in [2.05, 4.69) is 46.7 Å². The number of ether oxygens (including phenoxy) is 6. The van der Waals surface area contributed by atoms with Crippen molar-refractivity contribution in [3.8, 4) is 0 Å². The number of fused-ring (bicyclic) bond motifs is 1. The number of likely N-dealkylation sites (N-methyl/N-ethyl adjacent to an activating group) is 1. The van der Waals surface area contributed by atoms with Gasteiger partial charge < -0.3 is 78.2 Å². The first-order valence-electron chi connectivity index (χ1n) is 29.4. The molecule has 18 heteroatoms. The number of unbranched alkanes of at least 4 members (excludes halogenated alkanes) is 2. The molecule has 79 heavy (non-hydrogen) atoms. The van der Waals surface area contributed by atoms with Crippen molar-refractivity contribution in [3.63, 3.8) is 0 Å². The second-order valence-corrected chi connectivity index (χ2v) is 21.0. The highest BCUT2D eigenvalue weighted by molar-refractivity contribution is 5.92. The van der Waals surface area contributed by atoms with E-state index in [4.69, 9.17) is 38.6 Å². The first kappa shape index (κ1) is 80.3. The van der Waals surface area contributed by atoms with Gasteiger partial charge in [-0.25, -0.2) is 4.79 Å². The molecule has 0 saturated carbocycles. The second-order valence-electron chi connectivity index (χ2n) is 21.0. The number of aliphatic hydroxyl groups excluding tert-OH is 4. The molecule has 0 bridgehead atoms. The number of hydrogen-bond donors (Lipinski definition) is 6. The molecule has 0 aliphatic carbocycles. The summed E-state index contributed by atoms with van der Waals surface area (Å²) >= 11 is 0. The summed E-state index contributed by atoms with van der Waals surface area (Å²) in [5.74, 6) is -1.33. The van der Waals surface area contributed by atoms with E-state index in [0.717, 1.165) is 82.3 Å². The van der Waals surface area contributed by atoms with Crippen molar-refractivity contribution in [2.24, 2.45) is 17.8 Å². The van der Waals surface area contributed by atoms with Crippen LogP contribution in [0.5, 0.6) is 0 Å². The number of carbonyl (C=O) groups is 2. The maximum absolute atomic E-state index is 12.5. The third-order valence-corrected chi connectivity index (χ3v) is 13.8. The molecule has 0 radical (unpaired) electrons. The molecule has 8 unspecified atom stereocenters. The quantitative estimate of drug-likeness (QED) is 0.0222. The number of pyridine rings is 1. The first-order valence-corrected chi connectivity index (χ1v) is 29.4. The van der Waals surface area contributed by atoms with Gasteiger partial charge in [0.25, 0.3) is 0 Å². The van der Waals surface area contributed by atoms with Crippen molar-refractivity contribution >= 4 is 23.2 Å². The fourth-order valence-corrected chi connectivity index (χ4v) is 9.46. The topological polar surface area (TPSA) is 239 Å². The van der Waals surface area contributed by atoms with Gasteiger partial charge in [-0.1, -0.05) is 68.4 Å². The lowest BCUT2D eigenvalue weighted by Gasteiger charge is -2.44. The summed E-state index contributed by atoms with van der Waals surface area (Å²) in [6, 6.07) is 5.71. The van der Waals surface area contributed by atoms with Crippen LogP contribution < -0.4 is 5.43 Å². The molecule has 2 heterocycles. The third kappa shape index (κ3) is 31.9. The van der Waals surface area contributed by atoms with E-state index in [1.165, 1.54) is 13.3 Å². The van der Waals surface area contributed by atoms with Crippen molar-refractivity contribution in [1.82, 2.24) is 14.4 Å². The molecule has 1 aromatic heterocycles. The van der Waals surface area contributed by atoms with Gasteiger partial charge >= 0.3 is 5.97 Å². The smallest absolute Gasteiger partial charge is 0.341 e. The summed E-state index contributed by atoms with van der Waals surface area (Å²) in [6.45, 7) is 30.7. The van der Waals surface area contributed by atoms with Gasteiger partial charge in [0, 0.05) is 90.2 Å². The monoisotopic (exact) mass is 1130 g/mol. The normalized spacial score (nSPS) is 19.3. The number of rotatable bonds is 33. The third-order valence-electron chi connectivity index (χ3n) is 13.8. The van der Waals surface area contributed by atoms with E-state index in [9.17, 15) is 34.8 Å². The average molecular weight is 1130 g/mol. The Bertz CT molecular complexity index is 1860. The van der Waals surface area contributed by atoms with Gasteiger partial charge in [0.1, 0.15) is 18.0 Å². The zero-order valence-electron chi connectivity index (χ0n) is 53.0. The molecule has 3 rings (SSSR count). The molecular weight excluding hydrogens is 1010 g/mol. The van der Waals surface area contributed by atoms with Gasteiger partial charge in [0.15, 0.2) is 12.6 Å².